The third kappa shape index (κ3) is 2.79. The quantitative estimate of drug-likeness (QED) is 0.576. The minimum Gasteiger partial charge on any atom is -0.260 e. The fourth-order valence-corrected chi connectivity index (χ4v) is 0.884. The maximum atomic E-state index is 4.13. The number of aryl methyl sites for hydroxylation is 1. The third-order valence-electron chi connectivity index (χ3n) is 1.39. The van der Waals surface area contributed by atoms with Crippen molar-refractivity contribution in [2.75, 3.05) is 0 Å². The summed E-state index contributed by atoms with van der Waals surface area (Å²) in [5.41, 5.74) is 1.18. The first kappa shape index (κ1) is 8.86. The summed E-state index contributed by atoms with van der Waals surface area (Å²) >= 11 is 0. The van der Waals surface area contributed by atoms with E-state index in [1.54, 1.807) is 0 Å². The summed E-state index contributed by atoms with van der Waals surface area (Å²) in [6.07, 6.45) is 3.84. The highest BCUT2D eigenvalue weighted by molar-refractivity contribution is 5.04. The Hall–Kier alpha value is -1.23. The van der Waals surface area contributed by atoms with Gasteiger partial charge in [0.2, 0.25) is 0 Å². The third-order valence-corrected chi connectivity index (χ3v) is 1.39. The van der Waals surface area contributed by atoms with Crippen molar-refractivity contribution in [3.8, 4) is 11.8 Å². The summed E-state index contributed by atoms with van der Waals surface area (Å²) in [6, 6.07) is 0. The van der Waals surface area contributed by atoms with Gasteiger partial charge >= 0.3 is 0 Å². The Labute approximate surface area is 73.6 Å². The maximum Gasteiger partial charge on any atom is 0.102 e. The van der Waals surface area contributed by atoms with Gasteiger partial charge in [0, 0.05) is 12.1 Å². The monoisotopic (exact) mass is 162 g/mol. The van der Waals surface area contributed by atoms with Crippen LogP contribution in [0.25, 0.3) is 0 Å². The van der Waals surface area contributed by atoms with E-state index in [9.17, 15) is 0 Å². The van der Waals surface area contributed by atoms with Crippen LogP contribution in [-0.2, 0) is 6.54 Å². The van der Waals surface area contributed by atoms with Gasteiger partial charge in [-0.3, -0.25) is 4.68 Å². The first-order valence-electron chi connectivity index (χ1n) is 4.16. The molecule has 0 unspecified atom stereocenters. The van der Waals surface area contributed by atoms with Crippen molar-refractivity contribution in [2.45, 2.75) is 27.3 Å². The molecule has 0 aromatic carbocycles. The fraction of sp³-hybridized carbons (Fsp3) is 0.500. The number of hydrogen-bond acceptors (Lipinski definition) is 1. The summed E-state index contributed by atoms with van der Waals surface area (Å²) in [5.74, 6) is 6.60. The number of hydrogen-bond donors (Lipinski definition) is 0. The second-order valence-corrected chi connectivity index (χ2v) is 3.19. The average Bonchev–Trinajstić information content (AvgIpc) is 2.35. The molecule has 0 N–H and O–H groups in total. The molecule has 0 saturated carbocycles. The molecule has 0 radical (unpaired) electrons. The fourth-order valence-electron chi connectivity index (χ4n) is 0.884. The highest BCUT2D eigenvalue weighted by atomic mass is 15.3. The molecule has 0 atom stereocenters. The first-order chi connectivity index (χ1) is 5.68. The second kappa shape index (κ2) is 3.96. The highest BCUT2D eigenvalue weighted by Gasteiger charge is 1.89. The van der Waals surface area contributed by atoms with Crippen LogP contribution in [0.3, 0.4) is 0 Å². The second-order valence-electron chi connectivity index (χ2n) is 3.19. The Bertz CT molecular complexity index is 299. The largest absolute Gasteiger partial charge is 0.260 e. The van der Waals surface area contributed by atoms with E-state index in [2.05, 4.69) is 30.8 Å². The van der Waals surface area contributed by atoms with E-state index in [0.29, 0.717) is 12.5 Å². The molecule has 1 aromatic heterocycles. The maximum absolute atomic E-state index is 4.13. The van der Waals surface area contributed by atoms with E-state index in [1.807, 2.05) is 24.0 Å². The molecule has 0 saturated heterocycles. The highest BCUT2D eigenvalue weighted by Crippen LogP contribution is 1.93. The Morgan fingerprint density at radius 2 is 2.33 bits per heavy atom. The molecule has 0 fully saturated rings. The van der Waals surface area contributed by atoms with Gasteiger partial charge in [0.05, 0.1) is 6.20 Å². The van der Waals surface area contributed by atoms with Crippen molar-refractivity contribution in [3.05, 3.63) is 18.0 Å². The Morgan fingerprint density at radius 1 is 1.58 bits per heavy atom. The van der Waals surface area contributed by atoms with E-state index in [0.717, 1.165) is 0 Å². The molecule has 1 aromatic rings. The normalized spacial score (nSPS) is 9.67. The smallest absolute Gasteiger partial charge is 0.102 e. The Kier molecular flexibility index (Phi) is 2.93. The van der Waals surface area contributed by atoms with Crippen LogP contribution in [0, 0.1) is 24.7 Å². The SMILES string of the molecule is Cc1cnn(CC#CC(C)C)c1. The minimum atomic E-state index is 0.446. The van der Waals surface area contributed by atoms with Crippen LogP contribution in [0.15, 0.2) is 12.4 Å². The molecule has 0 aliphatic heterocycles. The lowest BCUT2D eigenvalue weighted by Gasteiger charge is -1.91. The lowest BCUT2D eigenvalue weighted by molar-refractivity contribution is 0.712. The summed E-state index contributed by atoms with van der Waals surface area (Å²) in [5, 5.41) is 4.13. The van der Waals surface area contributed by atoms with Crippen molar-refractivity contribution >= 4 is 0 Å². The molecule has 0 bridgehead atoms. The van der Waals surface area contributed by atoms with Crippen LogP contribution in [0.5, 0.6) is 0 Å². The molecular formula is C10H14N2. The van der Waals surface area contributed by atoms with Crippen molar-refractivity contribution in [2.24, 2.45) is 5.92 Å². The Morgan fingerprint density at radius 3 is 2.83 bits per heavy atom. The van der Waals surface area contributed by atoms with Gasteiger partial charge in [-0.1, -0.05) is 25.7 Å². The molecule has 1 rings (SSSR count). The first-order valence-corrected chi connectivity index (χ1v) is 4.16. The summed E-state index contributed by atoms with van der Waals surface area (Å²) < 4.78 is 1.85. The van der Waals surface area contributed by atoms with Gasteiger partial charge in [-0.2, -0.15) is 5.10 Å². The van der Waals surface area contributed by atoms with Gasteiger partial charge in [-0.25, -0.2) is 0 Å². The zero-order chi connectivity index (χ0) is 8.97. The standard InChI is InChI=1S/C10H14N2/c1-9(2)5-4-6-12-8-10(3)7-11-12/h7-9H,6H2,1-3H3. The van der Waals surface area contributed by atoms with E-state index in [4.69, 9.17) is 0 Å². The van der Waals surface area contributed by atoms with Crippen LogP contribution in [0.4, 0.5) is 0 Å². The summed E-state index contributed by atoms with van der Waals surface area (Å²) in [4.78, 5) is 0. The number of aromatic nitrogens is 2. The predicted octanol–water partition coefficient (Wildman–Crippen LogP) is 1.85. The van der Waals surface area contributed by atoms with Crippen LogP contribution in [0.2, 0.25) is 0 Å². The molecule has 64 valence electrons. The van der Waals surface area contributed by atoms with Gasteiger partial charge in [0.15, 0.2) is 0 Å². The molecule has 0 spiro atoms. The van der Waals surface area contributed by atoms with Gasteiger partial charge < -0.3 is 0 Å². The van der Waals surface area contributed by atoms with Crippen molar-refractivity contribution < 1.29 is 0 Å². The zero-order valence-corrected chi connectivity index (χ0v) is 7.83. The van der Waals surface area contributed by atoms with E-state index in [1.165, 1.54) is 5.56 Å². The van der Waals surface area contributed by atoms with Crippen molar-refractivity contribution in [1.29, 1.82) is 0 Å². The summed E-state index contributed by atoms with van der Waals surface area (Å²) in [7, 11) is 0. The average molecular weight is 162 g/mol. The lowest BCUT2D eigenvalue weighted by atomic mass is 10.2. The predicted molar refractivity (Wildman–Crippen MR) is 49.6 cm³/mol. The number of rotatable bonds is 1. The van der Waals surface area contributed by atoms with E-state index >= 15 is 0 Å². The van der Waals surface area contributed by atoms with Crippen LogP contribution in [0.1, 0.15) is 19.4 Å². The lowest BCUT2D eigenvalue weighted by Crippen LogP contribution is -1.95. The minimum absolute atomic E-state index is 0.446. The molecule has 2 heteroatoms. The van der Waals surface area contributed by atoms with Gasteiger partial charge in [-0.15, -0.1) is 0 Å². The van der Waals surface area contributed by atoms with Crippen LogP contribution >= 0.6 is 0 Å². The number of nitrogens with zero attached hydrogens (tertiary/aromatic N) is 2. The topological polar surface area (TPSA) is 17.8 Å². The molecule has 0 aliphatic carbocycles. The Balaban J connectivity index is 2.50. The van der Waals surface area contributed by atoms with E-state index < -0.39 is 0 Å². The molecule has 0 amide bonds. The van der Waals surface area contributed by atoms with Crippen molar-refractivity contribution in [3.63, 3.8) is 0 Å². The molecule has 2 nitrogen and oxygen atoms in total. The van der Waals surface area contributed by atoms with Gasteiger partial charge in [0.1, 0.15) is 6.54 Å². The van der Waals surface area contributed by atoms with Crippen molar-refractivity contribution in [1.82, 2.24) is 9.78 Å². The molecular weight excluding hydrogens is 148 g/mol. The van der Waals surface area contributed by atoms with Gasteiger partial charge in [-0.05, 0) is 12.5 Å². The molecule has 1 heterocycles. The molecule has 0 aliphatic rings. The van der Waals surface area contributed by atoms with E-state index in [-0.39, 0.29) is 0 Å². The molecule has 12 heavy (non-hydrogen) atoms. The summed E-state index contributed by atoms with van der Waals surface area (Å²) in [6.45, 7) is 6.90. The zero-order valence-electron chi connectivity index (χ0n) is 7.83. The van der Waals surface area contributed by atoms with Gasteiger partial charge in [0.25, 0.3) is 0 Å². The van der Waals surface area contributed by atoms with Crippen LogP contribution in [-0.4, -0.2) is 9.78 Å². The van der Waals surface area contributed by atoms with Crippen LogP contribution < -0.4 is 0 Å².